The van der Waals surface area contributed by atoms with Crippen molar-refractivity contribution in [3.05, 3.63) is 12.2 Å². The maximum atomic E-state index is 11.7. The summed E-state index contributed by atoms with van der Waals surface area (Å²) in [6, 6.07) is 0. The lowest BCUT2D eigenvalue weighted by atomic mass is 9.88. The van der Waals surface area contributed by atoms with E-state index in [4.69, 9.17) is 17.8 Å². The van der Waals surface area contributed by atoms with Gasteiger partial charge >= 0.3 is 0 Å². The molecule has 0 aromatic carbocycles. The molecular formula is C31H60O6SSi2. The summed E-state index contributed by atoms with van der Waals surface area (Å²) in [5.41, 5.74) is -0.637. The predicted molar refractivity (Wildman–Crippen MR) is 170 cm³/mol. The van der Waals surface area contributed by atoms with Crippen LogP contribution in [0.3, 0.4) is 0 Å². The SMILES string of the molecule is CCCCC(C)(C/C=C/[C@H]1[C@H]2CC3(COS(C)(=O)=O)OC3[C@H]2C[C@H]1O[Si](C)(C)C(C)(C)C)O[Si](C)(C)C(C)(C)C. The lowest BCUT2D eigenvalue weighted by Gasteiger charge is -2.44. The molecule has 3 aliphatic rings. The zero-order chi connectivity index (χ0) is 30.6. The highest BCUT2D eigenvalue weighted by molar-refractivity contribution is 7.85. The molecule has 0 aromatic rings. The summed E-state index contributed by atoms with van der Waals surface area (Å²) in [7, 11) is -7.40. The molecule has 40 heavy (non-hydrogen) atoms. The van der Waals surface area contributed by atoms with Crippen LogP contribution in [-0.2, 0) is 27.9 Å². The van der Waals surface area contributed by atoms with E-state index in [1.807, 2.05) is 0 Å². The van der Waals surface area contributed by atoms with Crippen molar-refractivity contribution in [1.29, 1.82) is 0 Å². The maximum Gasteiger partial charge on any atom is 0.264 e. The lowest BCUT2D eigenvalue weighted by Crippen LogP contribution is -2.48. The van der Waals surface area contributed by atoms with Crippen LogP contribution in [0.4, 0.5) is 0 Å². The number of hydrogen-bond donors (Lipinski definition) is 0. The van der Waals surface area contributed by atoms with Crippen LogP contribution in [0.15, 0.2) is 12.2 Å². The van der Waals surface area contributed by atoms with Gasteiger partial charge in [-0.3, -0.25) is 4.18 Å². The summed E-state index contributed by atoms with van der Waals surface area (Å²) in [4.78, 5) is 0. The summed E-state index contributed by atoms with van der Waals surface area (Å²) in [6.07, 6.45) is 12.2. The van der Waals surface area contributed by atoms with Crippen LogP contribution in [0, 0.1) is 17.8 Å². The molecule has 234 valence electrons. The predicted octanol–water partition coefficient (Wildman–Crippen LogP) is 8.06. The van der Waals surface area contributed by atoms with Gasteiger partial charge in [0.15, 0.2) is 16.6 Å². The molecule has 9 heteroatoms. The van der Waals surface area contributed by atoms with Gasteiger partial charge in [0, 0.05) is 5.92 Å². The Morgan fingerprint density at radius 2 is 1.57 bits per heavy atom. The van der Waals surface area contributed by atoms with Gasteiger partial charge in [-0.1, -0.05) is 73.5 Å². The van der Waals surface area contributed by atoms with Crippen molar-refractivity contribution in [1.82, 2.24) is 0 Å². The highest BCUT2D eigenvalue weighted by Crippen LogP contribution is 2.64. The first-order valence-corrected chi connectivity index (χ1v) is 23.2. The summed E-state index contributed by atoms with van der Waals surface area (Å²) in [6.45, 7) is 27.9. The molecular weight excluding hydrogens is 557 g/mol. The van der Waals surface area contributed by atoms with E-state index in [-0.39, 0.29) is 40.4 Å². The van der Waals surface area contributed by atoms with Crippen LogP contribution < -0.4 is 0 Å². The van der Waals surface area contributed by atoms with Crippen molar-refractivity contribution in [3.8, 4) is 0 Å². The Morgan fingerprint density at radius 3 is 2.10 bits per heavy atom. The molecule has 0 radical (unpaired) electrons. The van der Waals surface area contributed by atoms with Crippen molar-refractivity contribution in [3.63, 3.8) is 0 Å². The van der Waals surface area contributed by atoms with Crippen LogP contribution in [0.5, 0.6) is 0 Å². The first kappa shape index (κ1) is 34.5. The fourth-order valence-electron chi connectivity index (χ4n) is 6.38. The van der Waals surface area contributed by atoms with E-state index in [0.29, 0.717) is 11.8 Å². The Bertz CT molecular complexity index is 1030. The first-order chi connectivity index (χ1) is 18.0. The second kappa shape index (κ2) is 11.5. The normalized spacial score (nSPS) is 32.8. The third-order valence-corrected chi connectivity index (χ3v) is 20.5. The summed E-state index contributed by atoms with van der Waals surface area (Å²) in [5.74, 6) is 1.08. The van der Waals surface area contributed by atoms with Gasteiger partial charge in [0.25, 0.3) is 10.1 Å². The average Bonchev–Trinajstić information content (AvgIpc) is 3.26. The molecule has 0 N–H and O–H groups in total. The zero-order valence-corrected chi connectivity index (χ0v) is 30.7. The van der Waals surface area contributed by atoms with Gasteiger partial charge < -0.3 is 13.6 Å². The van der Waals surface area contributed by atoms with Gasteiger partial charge in [-0.25, -0.2) is 0 Å². The van der Waals surface area contributed by atoms with Gasteiger partial charge in [-0.2, -0.15) is 8.42 Å². The minimum atomic E-state index is -3.50. The lowest BCUT2D eigenvalue weighted by molar-refractivity contribution is 0.0630. The Balaban J connectivity index is 1.83. The molecule has 2 saturated carbocycles. The van der Waals surface area contributed by atoms with Crippen LogP contribution in [0.25, 0.3) is 0 Å². The van der Waals surface area contributed by atoms with E-state index in [0.717, 1.165) is 44.8 Å². The Labute approximate surface area is 248 Å². The summed E-state index contributed by atoms with van der Waals surface area (Å²) in [5, 5.41) is 0.302. The number of rotatable bonds is 13. The molecule has 0 spiro atoms. The molecule has 3 unspecified atom stereocenters. The van der Waals surface area contributed by atoms with E-state index < -0.39 is 32.4 Å². The molecule has 6 nitrogen and oxygen atoms in total. The number of unbranched alkanes of at least 4 members (excludes halogenated alkanes) is 1. The quantitative estimate of drug-likeness (QED) is 0.0902. The summed E-state index contributed by atoms with van der Waals surface area (Å²) >= 11 is 0. The van der Waals surface area contributed by atoms with Crippen LogP contribution in [-0.4, -0.2) is 61.3 Å². The molecule has 0 aromatic heterocycles. The fraction of sp³-hybridized carbons (Fsp3) is 0.935. The average molecular weight is 617 g/mol. The highest BCUT2D eigenvalue weighted by Gasteiger charge is 2.71. The number of ether oxygens (including phenoxy) is 1. The zero-order valence-electron chi connectivity index (χ0n) is 27.8. The topological polar surface area (TPSA) is 74.4 Å². The van der Waals surface area contributed by atoms with E-state index in [1.54, 1.807) is 0 Å². The van der Waals surface area contributed by atoms with Crippen molar-refractivity contribution >= 4 is 26.8 Å². The Morgan fingerprint density at radius 1 is 0.975 bits per heavy atom. The van der Waals surface area contributed by atoms with E-state index in [2.05, 4.69) is 93.7 Å². The van der Waals surface area contributed by atoms with Crippen molar-refractivity contribution < 1.29 is 26.2 Å². The second-order valence-electron chi connectivity index (χ2n) is 16.4. The maximum absolute atomic E-state index is 11.7. The van der Waals surface area contributed by atoms with Gasteiger partial charge in [0.1, 0.15) is 5.60 Å². The van der Waals surface area contributed by atoms with Crippen LogP contribution in [0.2, 0.25) is 36.3 Å². The molecule has 0 bridgehead atoms. The monoisotopic (exact) mass is 616 g/mol. The minimum Gasteiger partial charge on any atom is -0.413 e. The van der Waals surface area contributed by atoms with Gasteiger partial charge in [0.05, 0.1) is 30.7 Å². The molecule has 0 amide bonds. The Kier molecular flexibility index (Phi) is 9.88. The van der Waals surface area contributed by atoms with Gasteiger partial charge in [-0.05, 0) is 80.7 Å². The van der Waals surface area contributed by atoms with Crippen LogP contribution >= 0.6 is 0 Å². The number of epoxide rings is 1. The second-order valence-corrected chi connectivity index (χ2v) is 27.5. The smallest absolute Gasteiger partial charge is 0.264 e. The molecule has 1 aliphatic heterocycles. The molecule has 2 aliphatic carbocycles. The van der Waals surface area contributed by atoms with Crippen molar-refractivity contribution in [2.75, 3.05) is 12.9 Å². The largest absolute Gasteiger partial charge is 0.413 e. The number of hydrogen-bond acceptors (Lipinski definition) is 6. The third-order valence-electron chi connectivity index (χ3n) is 10.8. The van der Waals surface area contributed by atoms with Crippen LogP contribution in [0.1, 0.15) is 93.9 Å². The van der Waals surface area contributed by atoms with E-state index in [9.17, 15) is 8.42 Å². The van der Waals surface area contributed by atoms with Gasteiger partial charge in [0.2, 0.25) is 0 Å². The van der Waals surface area contributed by atoms with E-state index >= 15 is 0 Å². The molecule has 1 heterocycles. The molecule has 7 atom stereocenters. The molecule has 3 fully saturated rings. The summed E-state index contributed by atoms with van der Waals surface area (Å²) < 4.78 is 49.0. The van der Waals surface area contributed by atoms with E-state index in [1.165, 1.54) is 0 Å². The fourth-order valence-corrected chi connectivity index (χ4v) is 9.88. The van der Waals surface area contributed by atoms with Crippen molar-refractivity contribution in [2.45, 2.75) is 154 Å². The minimum absolute atomic E-state index is 0.0694. The van der Waals surface area contributed by atoms with Gasteiger partial charge in [-0.15, -0.1) is 0 Å². The third kappa shape index (κ3) is 7.72. The standard InChI is InChI=1S/C31H60O6SSi2/c1-14-15-18-30(8,37-40(12,13)29(5,6)7)19-16-17-23-25-21-31(22-34-38(9,32)33)27(35-31)24(25)20-26(23)36-39(10,11)28(2,3)4/h16-17,23-27H,14-15,18-22H2,1-13H3/b17-16+/t23-,24-,25+,26+,27?,30?,31?/m0/s1. The Hall–Kier alpha value is -0.0362. The molecule has 3 rings (SSSR count). The van der Waals surface area contributed by atoms with Crippen molar-refractivity contribution in [2.24, 2.45) is 17.8 Å². The highest BCUT2D eigenvalue weighted by atomic mass is 32.2. The first-order valence-electron chi connectivity index (χ1n) is 15.5. The molecule has 1 saturated heterocycles. The number of fused-ring (bicyclic) bond motifs is 3.